The molecule has 0 bridgehead atoms. The summed E-state index contributed by atoms with van der Waals surface area (Å²) >= 11 is 0. The largest absolute Gasteiger partial charge is 0.481 e. The Morgan fingerprint density at radius 3 is 2.08 bits per heavy atom. The molecule has 1 rings (SSSR count). The van der Waals surface area contributed by atoms with Gasteiger partial charge in [-0.25, -0.2) is 0 Å². The molecule has 11 heteroatoms. The Kier molecular flexibility index (Phi) is 5.54. The number of carbonyl (C=O) groups excluding carboxylic acids is 1. The van der Waals surface area contributed by atoms with Crippen molar-refractivity contribution in [2.75, 3.05) is 0 Å². The van der Waals surface area contributed by atoms with Gasteiger partial charge in [-0.05, 0) is 12.5 Å². The average molecular weight is 340 g/mol. The lowest BCUT2D eigenvalue weighted by molar-refractivity contribution is -0.436. The molecule has 0 amide bonds. The van der Waals surface area contributed by atoms with Crippen molar-refractivity contribution in [3.05, 3.63) is 61.7 Å². The second kappa shape index (κ2) is 7.17. The summed E-state index contributed by atoms with van der Waals surface area (Å²) in [6, 6.07) is 4.13. The van der Waals surface area contributed by atoms with Crippen molar-refractivity contribution >= 4 is 17.4 Å². The van der Waals surface area contributed by atoms with Crippen molar-refractivity contribution in [3.8, 4) is 0 Å². The number of carbonyl (C=O) groups is 2. The highest BCUT2D eigenvalue weighted by Gasteiger charge is 2.44. The van der Waals surface area contributed by atoms with E-state index >= 15 is 0 Å². The molecule has 0 aliphatic carbocycles. The van der Waals surface area contributed by atoms with Crippen LogP contribution in [0.3, 0.4) is 0 Å². The summed E-state index contributed by atoms with van der Waals surface area (Å²) in [4.78, 5) is 42.9. The van der Waals surface area contributed by atoms with Crippen molar-refractivity contribution in [3.63, 3.8) is 0 Å². The lowest BCUT2D eigenvalue weighted by Crippen LogP contribution is -2.32. The van der Waals surface area contributed by atoms with Crippen LogP contribution in [0.1, 0.15) is 18.4 Å². The number of carboxylic acids is 1. The van der Waals surface area contributed by atoms with Crippen molar-refractivity contribution in [2.24, 2.45) is 5.92 Å². The molecule has 24 heavy (non-hydrogen) atoms. The van der Waals surface area contributed by atoms with Gasteiger partial charge in [0.05, 0.1) is 9.85 Å². The summed E-state index contributed by atoms with van der Waals surface area (Å²) in [7, 11) is 0. The molecule has 11 nitrogen and oxygen atoms in total. The molecule has 2 atom stereocenters. The van der Waals surface area contributed by atoms with E-state index in [0.717, 1.165) is 31.2 Å². The topological polar surface area (TPSA) is 181 Å². The van der Waals surface area contributed by atoms with Gasteiger partial charge in [0.1, 0.15) is 17.6 Å². The van der Waals surface area contributed by atoms with Crippen LogP contribution in [0.5, 0.6) is 0 Å². The zero-order valence-electron chi connectivity index (χ0n) is 12.1. The molecular formula is C13H12N2O9. The minimum Gasteiger partial charge on any atom is -0.481 e. The Bertz CT molecular complexity index is 723. The van der Waals surface area contributed by atoms with Crippen LogP contribution in [0.25, 0.3) is 0 Å². The number of nitrogens with zero attached hydrogens (tertiary/aromatic N) is 2. The Morgan fingerprint density at radius 2 is 1.71 bits per heavy atom. The highest BCUT2D eigenvalue weighted by molar-refractivity contribution is 5.98. The highest BCUT2D eigenvalue weighted by atomic mass is 16.6. The van der Waals surface area contributed by atoms with Crippen LogP contribution in [0.15, 0.2) is 35.9 Å². The van der Waals surface area contributed by atoms with E-state index in [1.54, 1.807) is 0 Å². The molecule has 3 N–H and O–H groups in total. The van der Waals surface area contributed by atoms with Gasteiger partial charge in [-0.15, -0.1) is 0 Å². The molecule has 0 saturated heterocycles. The first kappa shape index (κ1) is 18.5. The van der Waals surface area contributed by atoms with Crippen molar-refractivity contribution < 1.29 is 34.8 Å². The first-order chi connectivity index (χ1) is 11.1. The summed E-state index contributed by atoms with van der Waals surface area (Å²) in [5.41, 5.74) is -2.15. The average Bonchev–Trinajstić information content (AvgIpc) is 2.45. The van der Waals surface area contributed by atoms with E-state index in [2.05, 4.69) is 0 Å². The summed E-state index contributed by atoms with van der Waals surface area (Å²) in [6.07, 6.45) is 0. The first-order valence-corrected chi connectivity index (χ1v) is 6.32. The molecule has 128 valence electrons. The van der Waals surface area contributed by atoms with E-state index in [1.165, 1.54) is 0 Å². The number of Topliss-reactive ketones (excluding diaryl/α,β-unsaturated/α-hetero) is 1. The number of nitro groups is 2. The van der Waals surface area contributed by atoms with E-state index in [4.69, 9.17) is 10.2 Å². The van der Waals surface area contributed by atoms with Gasteiger partial charge in [0.25, 0.3) is 5.69 Å². The number of ketones is 1. The number of hydrogen-bond acceptors (Lipinski definition) is 8. The van der Waals surface area contributed by atoms with Crippen LogP contribution < -0.4 is 0 Å². The normalized spacial score (nSPS) is 12.7. The second-order valence-electron chi connectivity index (χ2n) is 4.72. The molecule has 0 fully saturated rings. The Labute approximate surface area is 133 Å². The van der Waals surface area contributed by atoms with E-state index in [0.29, 0.717) is 0 Å². The maximum atomic E-state index is 11.6. The predicted octanol–water partition coefficient (Wildman–Crippen LogP) is 1.53. The number of rotatable bonds is 7. The molecule has 0 saturated carbocycles. The molecule has 0 spiro atoms. The molecule has 0 radical (unpaired) electrons. The molecule has 1 aromatic carbocycles. The van der Waals surface area contributed by atoms with E-state index in [-0.39, 0.29) is 5.56 Å². The molecular weight excluding hydrogens is 328 g/mol. The van der Waals surface area contributed by atoms with Crippen LogP contribution in [0.2, 0.25) is 0 Å². The Balaban J connectivity index is 3.72. The Hall–Kier alpha value is -3.50. The van der Waals surface area contributed by atoms with Gasteiger partial charge in [0, 0.05) is 12.1 Å². The maximum absolute atomic E-state index is 11.6. The third kappa shape index (κ3) is 3.82. The fraction of sp³-hybridized carbons (Fsp3) is 0.231. The van der Waals surface area contributed by atoms with Gasteiger partial charge in [0.2, 0.25) is 0 Å². The lowest BCUT2D eigenvalue weighted by atomic mass is 9.81. The molecule has 0 heterocycles. The summed E-state index contributed by atoms with van der Waals surface area (Å²) in [5, 5.41) is 49.5. The van der Waals surface area contributed by atoms with Gasteiger partial charge in [-0.3, -0.25) is 29.8 Å². The number of allylic oxidation sites excluding steroid dienone is 1. The number of aliphatic carboxylic acids is 1. The van der Waals surface area contributed by atoms with E-state index < -0.39 is 50.8 Å². The quantitative estimate of drug-likeness (QED) is 0.287. The van der Waals surface area contributed by atoms with Crippen LogP contribution in [0, 0.1) is 26.1 Å². The predicted molar refractivity (Wildman–Crippen MR) is 76.9 cm³/mol. The van der Waals surface area contributed by atoms with Gasteiger partial charge in [-0.1, -0.05) is 12.1 Å². The summed E-state index contributed by atoms with van der Waals surface area (Å²) in [5.74, 6) is -8.51. The lowest BCUT2D eigenvalue weighted by Gasteiger charge is -2.19. The zero-order chi connectivity index (χ0) is 18.6. The second-order valence-corrected chi connectivity index (χ2v) is 4.72. The van der Waals surface area contributed by atoms with Crippen LogP contribution >= 0.6 is 0 Å². The summed E-state index contributed by atoms with van der Waals surface area (Å²) < 4.78 is 0. The number of nitro benzene ring substituents is 1. The molecule has 0 aromatic heterocycles. The fourth-order valence-electron chi connectivity index (χ4n) is 2.23. The smallest absolute Gasteiger partial charge is 0.351 e. The van der Waals surface area contributed by atoms with Crippen molar-refractivity contribution in [1.29, 1.82) is 0 Å². The first-order valence-electron chi connectivity index (χ1n) is 6.32. The van der Waals surface area contributed by atoms with Gasteiger partial charge in [-0.2, -0.15) is 0 Å². The molecule has 0 aliphatic heterocycles. The monoisotopic (exact) mass is 340 g/mol. The minimum absolute atomic E-state index is 0.292. The molecule has 1 aromatic rings. The van der Waals surface area contributed by atoms with E-state index in [1.807, 2.05) is 0 Å². The highest BCUT2D eigenvalue weighted by Crippen LogP contribution is 2.36. The number of hydrogen-bond donors (Lipinski definition) is 3. The third-order valence-corrected chi connectivity index (χ3v) is 3.20. The van der Waals surface area contributed by atoms with Crippen LogP contribution in [0.4, 0.5) is 5.69 Å². The SMILES string of the molecule is CC(=O)C(C(=O)O)C(C(=C(O)O)[N+](=O)[O-])c1cccc([N+](=O)[O-])c1. The van der Waals surface area contributed by atoms with Gasteiger partial charge >= 0.3 is 17.6 Å². The minimum atomic E-state index is -2.04. The van der Waals surface area contributed by atoms with Gasteiger partial charge in [0.15, 0.2) is 0 Å². The molecule has 0 aliphatic rings. The van der Waals surface area contributed by atoms with Crippen LogP contribution in [-0.4, -0.2) is 36.9 Å². The number of aliphatic hydroxyl groups excluding tert-OH is 1. The maximum Gasteiger partial charge on any atom is 0.351 e. The molecule has 2 unspecified atom stereocenters. The summed E-state index contributed by atoms with van der Waals surface area (Å²) in [6.45, 7) is 0.856. The number of carboxylic acid groups (broad SMARTS) is 1. The fourth-order valence-corrected chi connectivity index (χ4v) is 2.23. The zero-order valence-corrected chi connectivity index (χ0v) is 12.1. The van der Waals surface area contributed by atoms with Crippen molar-refractivity contribution in [2.45, 2.75) is 12.8 Å². The van der Waals surface area contributed by atoms with Crippen LogP contribution in [-0.2, 0) is 9.59 Å². The number of aliphatic hydroxyl groups is 2. The van der Waals surface area contributed by atoms with E-state index in [9.17, 15) is 34.9 Å². The number of non-ortho nitro benzene ring substituents is 1. The standard InChI is InChI=1S/C13H12N2O9/c1-6(16)9(12(17)18)10(11(13(19)20)15(23)24)7-3-2-4-8(5-7)14(21)22/h2-5,9-10,19-20H,1H3,(H,17,18). The third-order valence-electron chi connectivity index (χ3n) is 3.20. The Morgan fingerprint density at radius 1 is 1.12 bits per heavy atom. The number of benzene rings is 1. The van der Waals surface area contributed by atoms with Crippen molar-refractivity contribution in [1.82, 2.24) is 0 Å². The van der Waals surface area contributed by atoms with Gasteiger partial charge < -0.3 is 15.3 Å².